The van der Waals surface area contributed by atoms with Gasteiger partial charge in [0, 0.05) is 26.7 Å². The number of carbonyl (C=O) groups excluding carboxylic acids is 2. The van der Waals surface area contributed by atoms with Crippen LogP contribution in [0.2, 0.25) is 0 Å². The van der Waals surface area contributed by atoms with E-state index in [-0.39, 0.29) is 12.6 Å². The Labute approximate surface area is 197 Å². The van der Waals surface area contributed by atoms with E-state index in [0.29, 0.717) is 25.2 Å². The maximum absolute atomic E-state index is 11.1. The normalized spacial score (nSPS) is 24.3. The first-order valence-corrected chi connectivity index (χ1v) is 11.0. The van der Waals surface area contributed by atoms with Gasteiger partial charge in [-0.1, -0.05) is 42.5 Å². The second-order valence-corrected chi connectivity index (χ2v) is 8.13. The molecule has 0 bridgehead atoms. The molecule has 9 heteroatoms. The van der Waals surface area contributed by atoms with Crippen LogP contribution in [0.15, 0.2) is 48.5 Å². The monoisotopic (exact) mass is 474 g/mol. The number of hydrogen-bond donors (Lipinski definition) is 3. The molecule has 34 heavy (non-hydrogen) atoms. The summed E-state index contributed by atoms with van der Waals surface area (Å²) in [7, 11) is 0. The van der Waals surface area contributed by atoms with Crippen LogP contribution in [0.5, 0.6) is 5.75 Å². The fourth-order valence-electron chi connectivity index (χ4n) is 3.60. The van der Waals surface area contributed by atoms with Gasteiger partial charge in [0.25, 0.3) is 0 Å². The van der Waals surface area contributed by atoms with Gasteiger partial charge in [-0.25, -0.2) is 0 Å². The molecule has 1 saturated heterocycles. The first-order valence-electron chi connectivity index (χ1n) is 11.0. The van der Waals surface area contributed by atoms with Gasteiger partial charge in [0.05, 0.1) is 6.61 Å². The van der Waals surface area contributed by atoms with E-state index in [1.54, 1.807) is 12.1 Å². The second-order valence-electron chi connectivity index (χ2n) is 8.13. The van der Waals surface area contributed by atoms with Crippen LogP contribution >= 0.6 is 0 Å². The predicted molar refractivity (Wildman–Crippen MR) is 120 cm³/mol. The molecule has 0 saturated carbocycles. The quantitative estimate of drug-likeness (QED) is 0.458. The second kappa shape index (κ2) is 11.9. The molecule has 2 aromatic carbocycles. The lowest BCUT2D eigenvalue weighted by Gasteiger charge is -2.40. The molecule has 5 atom stereocenters. The third-order valence-corrected chi connectivity index (χ3v) is 5.45. The van der Waals surface area contributed by atoms with E-state index >= 15 is 0 Å². The molecule has 0 aromatic heterocycles. The molecule has 9 nitrogen and oxygen atoms in total. The van der Waals surface area contributed by atoms with Crippen molar-refractivity contribution in [3.8, 4) is 5.75 Å². The number of esters is 2. The number of benzene rings is 2. The van der Waals surface area contributed by atoms with Gasteiger partial charge in [-0.05, 0) is 22.8 Å². The average Bonchev–Trinajstić information content (AvgIpc) is 2.80. The van der Waals surface area contributed by atoms with Gasteiger partial charge in [-0.2, -0.15) is 0 Å². The summed E-state index contributed by atoms with van der Waals surface area (Å²) in [4.78, 5) is 22.0. The zero-order valence-electron chi connectivity index (χ0n) is 19.1. The van der Waals surface area contributed by atoms with Crippen LogP contribution in [0, 0.1) is 0 Å². The molecule has 0 amide bonds. The van der Waals surface area contributed by atoms with E-state index in [0.717, 1.165) is 16.7 Å². The highest BCUT2D eigenvalue weighted by atomic mass is 16.7. The summed E-state index contributed by atoms with van der Waals surface area (Å²) < 4.78 is 21.4. The minimum absolute atomic E-state index is 0.286. The van der Waals surface area contributed by atoms with Gasteiger partial charge < -0.3 is 34.3 Å². The topological polar surface area (TPSA) is 132 Å². The summed E-state index contributed by atoms with van der Waals surface area (Å²) in [5, 5.41) is 30.8. The Morgan fingerprint density at radius 1 is 0.853 bits per heavy atom. The first kappa shape index (κ1) is 25.6. The molecule has 2 aromatic rings. The molecule has 3 rings (SSSR count). The fraction of sp³-hybridized carbons (Fsp3) is 0.440. The van der Waals surface area contributed by atoms with Crippen molar-refractivity contribution in [2.24, 2.45) is 0 Å². The molecular weight excluding hydrogens is 444 g/mol. The van der Waals surface area contributed by atoms with Crippen LogP contribution in [-0.4, -0.2) is 71.2 Å². The third-order valence-electron chi connectivity index (χ3n) is 5.45. The van der Waals surface area contributed by atoms with Crippen LogP contribution in [0.1, 0.15) is 30.5 Å². The Morgan fingerprint density at radius 3 is 2.18 bits per heavy atom. The molecular formula is C25H30O9. The molecule has 1 heterocycles. The van der Waals surface area contributed by atoms with E-state index in [4.69, 9.17) is 18.9 Å². The van der Waals surface area contributed by atoms with Crippen molar-refractivity contribution in [2.45, 2.75) is 57.4 Å². The number of aliphatic hydroxyl groups excluding tert-OH is 3. The fourth-order valence-corrected chi connectivity index (χ4v) is 3.60. The highest BCUT2D eigenvalue weighted by Crippen LogP contribution is 2.28. The Morgan fingerprint density at radius 2 is 1.50 bits per heavy atom. The van der Waals surface area contributed by atoms with Crippen LogP contribution in [0.3, 0.4) is 0 Å². The van der Waals surface area contributed by atoms with Crippen molar-refractivity contribution in [3.05, 3.63) is 65.2 Å². The lowest BCUT2D eigenvalue weighted by molar-refractivity contribution is -0.278. The SMILES string of the molecule is CC(=O)OCCc1ccc(Cc2ccccc2O[C@H]2O[C@H](COC(C)=O)[C@@H](O)[C@H](O)[C@H]2O)cc1. The lowest BCUT2D eigenvalue weighted by atomic mass is 9.99. The van der Waals surface area contributed by atoms with E-state index in [9.17, 15) is 24.9 Å². The lowest BCUT2D eigenvalue weighted by Crippen LogP contribution is -2.60. The molecule has 1 aliphatic rings. The summed E-state index contributed by atoms with van der Waals surface area (Å²) in [6, 6.07) is 15.1. The summed E-state index contributed by atoms with van der Waals surface area (Å²) >= 11 is 0. The Kier molecular flexibility index (Phi) is 9.00. The van der Waals surface area contributed by atoms with Crippen molar-refractivity contribution >= 4 is 11.9 Å². The van der Waals surface area contributed by atoms with Crippen molar-refractivity contribution in [2.75, 3.05) is 13.2 Å². The number of rotatable bonds is 9. The number of para-hydroxylation sites is 1. The smallest absolute Gasteiger partial charge is 0.302 e. The minimum atomic E-state index is -1.54. The molecule has 0 aliphatic carbocycles. The van der Waals surface area contributed by atoms with Gasteiger partial charge in [0.2, 0.25) is 6.29 Å². The molecule has 0 spiro atoms. The van der Waals surface area contributed by atoms with Crippen LogP contribution in [0.4, 0.5) is 0 Å². The van der Waals surface area contributed by atoms with Crippen molar-refractivity contribution < 1.29 is 43.9 Å². The number of hydrogen-bond acceptors (Lipinski definition) is 9. The van der Waals surface area contributed by atoms with E-state index in [2.05, 4.69) is 0 Å². The van der Waals surface area contributed by atoms with Gasteiger partial charge in [-0.3, -0.25) is 9.59 Å². The van der Waals surface area contributed by atoms with Crippen LogP contribution in [-0.2, 0) is 36.6 Å². The Hall–Kier alpha value is -2.98. The Balaban J connectivity index is 1.67. The van der Waals surface area contributed by atoms with Gasteiger partial charge in [0.1, 0.15) is 36.8 Å². The van der Waals surface area contributed by atoms with E-state index < -0.39 is 36.7 Å². The van der Waals surface area contributed by atoms with Crippen molar-refractivity contribution in [1.29, 1.82) is 0 Å². The zero-order chi connectivity index (χ0) is 24.7. The first-order chi connectivity index (χ1) is 16.2. The maximum atomic E-state index is 11.1. The number of aliphatic hydroxyl groups is 3. The average molecular weight is 475 g/mol. The maximum Gasteiger partial charge on any atom is 0.302 e. The van der Waals surface area contributed by atoms with E-state index in [1.165, 1.54) is 13.8 Å². The molecule has 184 valence electrons. The summed E-state index contributed by atoms with van der Waals surface area (Å²) in [6.07, 6.45) is -5.66. The van der Waals surface area contributed by atoms with Crippen molar-refractivity contribution in [1.82, 2.24) is 0 Å². The number of carbonyl (C=O) groups is 2. The molecule has 1 fully saturated rings. The third kappa shape index (κ3) is 7.01. The zero-order valence-corrected chi connectivity index (χ0v) is 19.1. The van der Waals surface area contributed by atoms with Crippen LogP contribution < -0.4 is 4.74 Å². The van der Waals surface area contributed by atoms with Gasteiger partial charge >= 0.3 is 11.9 Å². The van der Waals surface area contributed by atoms with E-state index in [1.807, 2.05) is 36.4 Å². The molecule has 1 aliphatic heterocycles. The molecule has 0 unspecified atom stereocenters. The predicted octanol–water partition coefficient (Wildman–Crippen LogP) is 1.13. The number of ether oxygens (including phenoxy) is 4. The van der Waals surface area contributed by atoms with Crippen molar-refractivity contribution in [3.63, 3.8) is 0 Å². The van der Waals surface area contributed by atoms with Crippen LogP contribution in [0.25, 0.3) is 0 Å². The molecule has 0 radical (unpaired) electrons. The van der Waals surface area contributed by atoms with Gasteiger partial charge in [-0.15, -0.1) is 0 Å². The highest BCUT2D eigenvalue weighted by molar-refractivity contribution is 5.66. The summed E-state index contributed by atoms with van der Waals surface area (Å²) in [6.45, 7) is 2.64. The van der Waals surface area contributed by atoms with Gasteiger partial charge in [0.15, 0.2) is 0 Å². The highest BCUT2D eigenvalue weighted by Gasteiger charge is 2.45. The molecule has 3 N–H and O–H groups in total. The standard InChI is InChI=1S/C25H30O9/c1-15(26)31-12-11-17-7-9-18(10-8-17)13-19-5-3-4-6-20(19)33-25-24(30)23(29)22(28)21(34-25)14-32-16(2)27/h3-10,21-25,28-30H,11-14H2,1-2H3/t21-,22-,23+,24-,25+/m1/s1. The summed E-state index contributed by atoms with van der Waals surface area (Å²) in [5.41, 5.74) is 2.88. The largest absolute Gasteiger partial charge is 0.466 e. The summed E-state index contributed by atoms with van der Waals surface area (Å²) in [5.74, 6) is -0.419. The minimum Gasteiger partial charge on any atom is -0.466 e. The Bertz CT molecular complexity index is 959.